The second-order valence-electron chi connectivity index (χ2n) is 4.01. The second kappa shape index (κ2) is 3.75. The number of pyridine rings is 1. The van der Waals surface area contributed by atoms with Crippen LogP contribution in [0.5, 0.6) is 5.88 Å². The molecule has 2 aromatic heterocycles. The van der Waals surface area contributed by atoms with Crippen molar-refractivity contribution in [1.29, 1.82) is 0 Å². The number of aromatic nitrogens is 3. The lowest BCUT2D eigenvalue weighted by atomic mass is 10.1. The van der Waals surface area contributed by atoms with Crippen molar-refractivity contribution in [3.8, 4) is 5.88 Å². The molecule has 3 heterocycles. The van der Waals surface area contributed by atoms with Gasteiger partial charge >= 0.3 is 0 Å². The molecule has 16 heavy (non-hydrogen) atoms. The van der Waals surface area contributed by atoms with E-state index in [4.69, 9.17) is 4.74 Å². The minimum atomic E-state index is 0.0429. The van der Waals surface area contributed by atoms with Crippen LogP contribution in [-0.4, -0.2) is 32.9 Å². The molecule has 2 aromatic rings. The molecule has 0 saturated carbocycles. The van der Waals surface area contributed by atoms with Crippen LogP contribution in [0, 0.1) is 0 Å². The van der Waals surface area contributed by atoms with Crippen LogP contribution in [0.15, 0.2) is 18.5 Å². The number of hydrogen-bond acceptors (Lipinski definition) is 4. The smallest absolute Gasteiger partial charge is 0.212 e. The van der Waals surface area contributed by atoms with Crippen molar-refractivity contribution >= 4 is 11.2 Å². The highest BCUT2D eigenvalue weighted by Gasteiger charge is 2.18. The Kier molecular flexibility index (Phi) is 2.25. The molecule has 0 amide bonds. The predicted molar refractivity (Wildman–Crippen MR) is 58.3 cm³/mol. The first kappa shape index (κ1) is 9.59. The van der Waals surface area contributed by atoms with Crippen molar-refractivity contribution in [3.05, 3.63) is 18.5 Å². The Morgan fingerprint density at radius 3 is 2.94 bits per heavy atom. The van der Waals surface area contributed by atoms with E-state index < -0.39 is 0 Å². The van der Waals surface area contributed by atoms with Gasteiger partial charge in [0.25, 0.3) is 0 Å². The van der Waals surface area contributed by atoms with Gasteiger partial charge in [-0.2, -0.15) is 4.98 Å². The third kappa shape index (κ3) is 1.53. The maximum Gasteiger partial charge on any atom is 0.212 e. The Balaban J connectivity index is 2.05. The Morgan fingerprint density at radius 2 is 2.12 bits per heavy atom. The fraction of sp³-hybridized carbons (Fsp3) is 0.455. The first-order valence-corrected chi connectivity index (χ1v) is 5.45. The molecule has 5 heteroatoms. The molecule has 0 aromatic carbocycles. The SMILES string of the molecule is Oc1ccc2ncn(C3CCOCC3)c2n1. The zero-order valence-corrected chi connectivity index (χ0v) is 8.83. The summed E-state index contributed by atoms with van der Waals surface area (Å²) in [5.74, 6) is 0.0429. The Hall–Kier alpha value is -1.62. The summed E-state index contributed by atoms with van der Waals surface area (Å²) in [6.45, 7) is 1.56. The van der Waals surface area contributed by atoms with E-state index in [9.17, 15) is 5.11 Å². The van der Waals surface area contributed by atoms with Crippen LogP contribution >= 0.6 is 0 Å². The first-order valence-electron chi connectivity index (χ1n) is 5.45. The summed E-state index contributed by atoms with van der Waals surface area (Å²) in [5, 5.41) is 9.39. The van der Waals surface area contributed by atoms with Crippen LogP contribution in [0.3, 0.4) is 0 Å². The highest BCUT2D eigenvalue weighted by Crippen LogP contribution is 2.25. The van der Waals surface area contributed by atoms with E-state index in [2.05, 4.69) is 9.97 Å². The van der Waals surface area contributed by atoms with Gasteiger partial charge in [0.1, 0.15) is 5.52 Å². The van der Waals surface area contributed by atoms with E-state index in [-0.39, 0.29) is 5.88 Å². The molecule has 1 N–H and O–H groups in total. The fourth-order valence-electron chi connectivity index (χ4n) is 2.13. The summed E-state index contributed by atoms with van der Waals surface area (Å²) < 4.78 is 7.37. The number of ether oxygens (including phenoxy) is 1. The number of hydrogen-bond donors (Lipinski definition) is 1. The van der Waals surface area contributed by atoms with E-state index in [1.165, 1.54) is 0 Å². The van der Waals surface area contributed by atoms with E-state index in [0.717, 1.165) is 37.2 Å². The Morgan fingerprint density at radius 1 is 1.31 bits per heavy atom. The van der Waals surface area contributed by atoms with Crippen LogP contribution in [0.4, 0.5) is 0 Å². The molecule has 1 aliphatic rings. The van der Waals surface area contributed by atoms with Crippen molar-refractivity contribution in [2.24, 2.45) is 0 Å². The maximum absolute atomic E-state index is 9.39. The monoisotopic (exact) mass is 219 g/mol. The number of fused-ring (bicyclic) bond motifs is 1. The molecule has 0 bridgehead atoms. The average Bonchev–Trinajstić information content (AvgIpc) is 2.73. The van der Waals surface area contributed by atoms with Crippen molar-refractivity contribution in [1.82, 2.24) is 14.5 Å². The van der Waals surface area contributed by atoms with Crippen molar-refractivity contribution in [2.45, 2.75) is 18.9 Å². The van der Waals surface area contributed by atoms with Crippen molar-refractivity contribution < 1.29 is 9.84 Å². The lowest BCUT2D eigenvalue weighted by molar-refractivity contribution is 0.0704. The molecule has 0 aliphatic carbocycles. The van der Waals surface area contributed by atoms with Gasteiger partial charge in [0.05, 0.1) is 6.33 Å². The molecule has 5 nitrogen and oxygen atoms in total. The summed E-state index contributed by atoms with van der Waals surface area (Å²) in [5.41, 5.74) is 1.58. The van der Waals surface area contributed by atoms with Gasteiger partial charge < -0.3 is 14.4 Å². The minimum Gasteiger partial charge on any atom is -0.493 e. The van der Waals surface area contributed by atoms with Gasteiger partial charge in [0, 0.05) is 25.3 Å². The van der Waals surface area contributed by atoms with Gasteiger partial charge in [0.15, 0.2) is 5.65 Å². The van der Waals surface area contributed by atoms with Gasteiger partial charge in [-0.3, -0.25) is 0 Å². The summed E-state index contributed by atoms with van der Waals surface area (Å²) in [6.07, 6.45) is 3.75. The average molecular weight is 219 g/mol. The van der Waals surface area contributed by atoms with Gasteiger partial charge in [0.2, 0.25) is 5.88 Å². The Labute approximate surface area is 92.7 Å². The summed E-state index contributed by atoms with van der Waals surface area (Å²) in [6, 6.07) is 3.73. The summed E-state index contributed by atoms with van der Waals surface area (Å²) in [4.78, 5) is 8.41. The molecule has 3 rings (SSSR count). The molecule has 1 aliphatic heterocycles. The van der Waals surface area contributed by atoms with Crippen LogP contribution < -0.4 is 0 Å². The molecule has 0 unspecified atom stereocenters. The third-order valence-electron chi connectivity index (χ3n) is 2.99. The molecule has 1 fully saturated rings. The van der Waals surface area contributed by atoms with Gasteiger partial charge in [-0.05, 0) is 18.9 Å². The number of rotatable bonds is 1. The van der Waals surface area contributed by atoms with Crippen molar-refractivity contribution in [2.75, 3.05) is 13.2 Å². The number of imidazole rings is 1. The molecular formula is C11H13N3O2. The normalized spacial score (nSPS) is 18.0. The van der Waals surface area contributed by atoms with Crippen LogP contribution in [0.1, 0.15) is 18.9 Å². The van der Waals surface area contributed by atoms with Crippen molar-refractivity contribution in [3.63, 3.8) is 0 Å². The Bertz CT molecular complexity index is 503. The summed E-state index contributed by atoms with van der Waals surface area (Å²) >= 11 is 0. The molecule has 0 radical (unpaired) electrons. The topological polar surface area (TPSA) is 60.2 Å². The highest BCUT2D eigenvalue weighted by molar-refractivity contribution is 5.71. The lowest BCUT2D eigenvalue weighted by Gasteiger charge is -2.23. The van der Waals surface area contributed by atoms with E-state index in [0.29, 0.717) is 6.04 Å². The largest absolute Gasteiger partial charge is 0.493 e. The van der Waals surface area contributed by atoms with Crippen LogP contribution in [0.2, 0.25) is 0 Å². The molecule has 84 valence electrons. The zero-order chi connectivity index (χ0) is 11.0. The van der Waals surface area contributed by atoms with E-state index in [1.807, 2.05) is 4.57 Å². The standard InChI is InChI=1S/C11H13N3O2/c15-10-2-1-9-11(13-10)14(7-12-9)8-3-5-16-6-4-8/h1-2,7-8H,3-6H2,(H,13,15). The molecule has 0 spiro atoms. The number of aromatic hydroxyl groups is 1. The lowest BCUT2D eigenvalue weighted by Crippen LogP contribution is -2.19. The third-order valence-corrected chi connectivity index (χ3v) is 2.99. The van der Waals surface area contributed by atoms with Crippen LogP contribution in [-0.2, 0) is 4.74 Å². The molecule has 1 saturated heterocycles. The minimum absolute atomic E-state index is 0.0429. The second-order valence-corrected chi connectivity index (χ2v) is 4.01. The maximum atomic E-state index is 9.39. The zero-order valence-electron chi connectivity index (χ0n) is 8.83. The molecule has 0 atom stereocenters. The fourth-order valence-corrected chi connectivity index (χ4v) is 2.13. The highest BCUT2D eigenvalue weighted by atomic mass is 16.5. The summed E-state index contributed by atoms with van der Waals surface area (Å²) in [7, 11) is 0. The van der Waals surface area contributed by atoms with Gasteiger partial charge in [-0.1, -0.05) is 0 Å². The van der Waals surface area contributed by atoms with E-state index in [1.54, 1.807) is 18.5 Å². The van der Waals surface area contributed by atoms with Crippen LogP contribution in [0.25, 0.3) is 11.2 Å². The first-order chi connectivity index (χ1) is 7.84. The predicted octanol–water partition coefficient (Wildman–Crippen LogP) is 1.49. The van der Waals surface area contributed by atoms with Gasteiger partial charge in [-0.25, -0.2) is 4.98 Å². The van der Waals surface area contributed by atoms with Gasteiger partial charge in [-0.15, -0.1) is 0 Å². The number of nitrogens with zero attached hydrogens (tertiary/aromatic N) is 3. The quantitative estimate of drug-likeness (QED) is 0.789. The molecular weight excluding hydrogens is 206 g/mol. The van der Waals surface area contributed by atoms with E-state index >= 15 is 0 Å².